The molecule has 0 aliphatic rings. The average molecular weight is 415 g/mol. The molecule has 0 unspecified atom stereocenters. The lowest BCUT2D eigenvalue weighted by atomic mass is 10.1. The van der Waals surface area contributed by atoms with Crippen LogP contribution in [-0.2, 0) is 11.3 Å². The largest absolute Gasteiger partial charge is 0.481 e. The first kappa shape index (κ1) is 20.6. The minimum Gasteiger partial charge on any atom is -0.481 e. The van der Waals surface area contributed by atoms with E-state index < -0.39 is 6.10 Å². The number of hydrogen-bond donors (Lipinski definition) is 0. The van der Waals surface area contributed by atoms with Gasteiger partial charge in [-0.25, -0.2) is 0 Å². The van der Waals surface area contributed by atoms with Crippen LogP contribution in [0, 0.1) is 6.92 Å². The van der Waals surface area contributed by atoms with Crippen molar-refractivity contribution in [3.8, 4) is 17.1 Å². The van der Waals surface area contributed by atoms with Gasteiger partial charge in [-0.05, 0) is 42.3 Å². The molecule has 4 rings (SSSR count). The summed E-state index contributed by atoms with van der Waals surface area (Å²) in [7, 11) is 1.71. The van der Waals surface area contributed by atoms with Crippen molar-refractivity contribution in [1.82, 2.24) is 15.0 Å². The first-order chi connectivity index (χ1) is 15.0. The summed E-state index contributed by atoms with van der Waals surface area (Å²) in [5.74, 6) is 1.43. The van der Waals surface area contributed by atoms with Crippen molar-refractivity contribution in [1.29, 1.82) is 0 Å². The molecular weight excluding hydrogens is 390 g/mol. The van der Waals surface area contributed by atoms with Gasteiger partial charge in [-0.15, -0.1) is 0 Å². The monoisotopic (exact) mass is 415 g/mol. The fraction of sp³-hybridized carbons (Fsp3) is 0.240. The Morgan fingerprint density at radius 2 is 1.87 bits per heavy atom. The van der Waals surface area contributed by atoms with Crippen LogP contribution in [0.25, 0.3) is 22.2 Å². The standard InChI is InChI=1S/C25H25N3O3/c1-4-22(30-21-13-12-18-9-5-6-10-19(18)15-21)25(29)28(3)16-23-26-24(27-31-23)20-11-7-8-17(2)14-20/h5-15,22H,4,16H2,1-3H3/t22-/m0/s1. The second-order valence-electron chi connectivity index (χ2n) is 7.60. The summed E-state index contributed by atoms with van der Waals surface area (Å²) in [6.45, 7) is 4.16. The number of fused-ring (bicyclic) bond motifs is 1. The van der Waals surface area contributed by atoms with Gasteiger partial charge in [0.25, 0.3) is 5.91 Å². The number of aromatic nitrogens is 2. The maximum Gasteiger partial charge on any atom is 0.263 e. The van der Waals surface area contributed by atoms with Gasteiger partial charge in [0.15, 0.2) is 6.10 Å². The van der Waals surface area contributed by atoms with E-state index in [0.717, 1.165) is 21.9 Å². The average Bonchev–Trinajstić information content (AvgIpc) is 3.25. The van der Waals surface area contributed by atoms with Crippen molar-refractivity contribution in [2.24, 2.45) is 0 Å². The second kappa shape index (κ2) is 9.00. The number of hydrogen-bond acceptors (Lipinski definition) is 5. The zero-order valence-corrected chi connectivity index (χ0v) is 17.9. The molecule has 0 aliphatic carbocycles. The minimum atomic E-state index is -0.592. The molecule has 1 aromatic heterocycles. The molecule has 0 saturated carbocycles. The Morgan fingerprint density at radius 3 is 2.65 bits per heavy atom. The molecule has 0 fully saturated rings. The van der Waals surface area contributed by atoms with Crippen LogP contribution in [0.1, 0.15) is 24.8 Å². The molecule has 0 aliphatic heterocycles. The summed E-state index contributed by atoms with van der Waals surface area (Å²) >= 11 is 0. The molecule has 6 nitrogen and oxygen atoms in total. The third-order valence-electron chi connectivity index (χ3n) is 5.14. The van der Waals surface area contributed by atoms with Crippen LogP contribution >= 0.6 is 0 Å². The van der Waals surface area contributed by atoms with Gasteiger partial charge in [-0.1, -0.05) is 66.2 Å². The lowest BCUT2D eigenvalue weighted by molar-refractivity contribution is -0.138. The predicted molar refractivity (Wildman–Crippen MR) is 120 cm³/mol. The van der Waals surface area contributed by atoms with Crippen LogP contribution < -0.4 is 4.74 Å². The van der Waals surface area contributed by atoms with Crippen LogP contribution in [-0.4, -0.2) is 34.1 Å². The summed E-state index contributed by atoms with van der Waals surface area (Å²) in [6.07, 6.45) is -0.0423. The summed E-state index contributed by atoms with van der Waals surface area (Å²) < 4.78 is 11.4. The molecular formula is C25H25N3O3. The van der Waals surface area contributed by atoms with Crippen molar-refractivity contribution < 1.29 is 14.1 Å². The number of nitrogens with zero attached hydrogens (tertiary/aromatic N) is 3. The number of likely N-dealkylation sites (N-methyl/N-ethyl adjacent to an activating group) is 1. The quantitative estimate of drug-likeness (QED) is 0.424. The van der Waals surface area contributed by atoms with E-state index in [1.807, 2.05) is 80.6 Å². The molecule has 1 heterocycles. The molecule has 0 bridgehead atoms. The summed E-state index contributed by atoms with van der Waals surface area (Å²) in [4.78, 5) is 19.0. The molecule has 3 aromatic carbocycles. The molecule has 31 heavy (non-hydrogen) atoms. The zero-order chi connectivity index (χ0) is 21.8. The highest BCUT2D eigenvalue weighted by Gasteiger charge is 2.24. The SMILES string of the molecule is CC[C@H](Oc1ccc2ccccc2c1)C(=O)N(C)Cc1nc(-c2cccc(C)c2)no1. The van der Waals surface area contributed by atoms with Crippen LogP contribution in [0.4, 0.5) is 0 Å². The van der Waals surface area contributed by atoms with Gasteiger partial charge < -0.3 is 14.2 Å². The van der Waals surface area contributed by atoms with E-state index in [-0.39, 0.29) is 12.5 Å². The summed E-state index contributed by atoms with van der Waals surface area (Å²) in [5.41, 5.74) is 2.00. The van der Waals surface area contributed by atoms with Crippen molar-refractivity contribution in [3.05, 3.63) is 78.2 Å². The van der Waals surface area contributed by atoms with Gasteiger partial charge in [-0.2, -0.15) is 4.98 Å². The van der Waals surface area contributed by atoms with E-state index in [1.165, 1.54) is 0 Å². The summed E-state index contributed by atoms with van der Waals surface area (Å²) in [5, 5.41) is 6.25. The maximum atomic E-state index is 13.0. The van der Waals surface area contributed by atoms with Gasteiger partial charge in [0, 0.05) is 12.6 Å². The fourth-order valence-electron chi connectivity index (χ4n) is 3.46. The fourth-order valence-corrected chi connectivity index (χ4v) is 3.46. The van der Waals surface area contributed by atoms with Crippen molar-refractivity contribution in [3.63, 3.8) is 0 Å². The number of amides is 1. The Hall–Kier alpha value is -3.67. The number of aryl methyl sites for hydroxylation is 1. The Morgan fingerprint density at radius 1 is 1.06 bits per heavy atom. The smallest absolute Gasteiger partial charge is 0.263 e. The topological polar surface area (TPSA) is 68.5 Å². The molecule has 6 heteroatoms. The molecule has 0 saturated heterocycles. The first-order valence-electron chi connectivity index (χ1n) is 10.3. The maximum absolute atomic E-state index is 13.0. The van der Waals surface area contributed by atoms with E-state index in [2.05, 4.69) is 10.1 Å². The highest BCUT2D eigenvalue weighted by atomic mass is 16.5. The second-order valence-corrected chi connectivity index (χ2v) is 7.60. The molecule has 0 N–H and O–H groups in total. The first-order valence-corrected chi connectivity index (χ1v) is 10.3. The molecule has 1 atom stereocenters. The van der Waals surface area contributed by atoms with Crippen LogP contribution in [0.5, 0.6) is 5.75 Å². The summed E-state index contributed by atoms with van der Waals surface area (Å²) in [6, 6.07) is 21.8. The minimum absolute atomic E-state index is 0.133. The van der Waals surface area contributed by atoms with Crippen LogP contribution in [0.15, 0.2) is 71.3 Å². The third-order valence-corrected chi connectivity index (χ3v) is 5.14. The molecule has 0 radical (unpaired) electrons. The Balaban J connectivity index is 1.43. The lowest BCUT2D eigenvalue weighted by Crippen LogP contribution is -2.39. The van der Waals surface area contributed by atoms with E-state index in [9.17, 15) is 4.79 Å². The van der Waals surface area contributed by atoms with Crippen LogP contribution in [0.2, 0.25) is 0 Å². The van der Waals surface area contributed by atoms with Crippen molar-refractivity contribution in [2.45, 2.75) is 32.9 Å². The number of rotatable bonds is 7. The van der Waals surface area contributed by atoms with Crippen molar-refractivity contribution >= 4 is 16.7 Å². The molecule has 4 aromatic rings. The number of ether oxygens (including phenoxy) is 1. The van der Waals surface area contributed by atoms with Gasteiger partial charge in [0.05, 0.1) is 6.54 Å². The number of benzene rings is 3. The van der Waals surface area contributed by atoms with Gasteiger partial charge in [-0.3, -0.25) is 4.79 Å². The van der Waals surface area contributed by atoms with E-state index in [0.29, 0.717) is 23.9 Å². The normalized spacial score (nSPS) is 12.0. The number of carbonyl (C=O) groups excluding carboxylic acids is 1. The third kappa shape index (κ3) is 4.74. The Bertz CT molecular complexity index is 1200. The van der Waals surface area contributed by atoms with Gasteiger partial charge >= 0.3 is 0 Å². The lowest BCUT2D eigenvalue weighted by Gasteiger charge is -2.22. The van der Waals surface area contributed by atoms with Gasteiger partial charge in [0.2, 0.25) is 11.7 Å². The highest BCUT2D eigenvalue weighted by molar-refractivity contribution is 5.84. The van der Waals surface area contributed by atoms with E-state index in [4.69, 9.17) is 9.26 Å². The van der Waals surface area contributed by atoms with E-state index >= 15 is 0 Å². The van der Waals surface area contributed by atoms with Gasteiger partial charge in [0.1, 0.15) is 5.75 Å². The van der Waals surface area contributed by atoms with Crippen molar-refractivity contribution in [2.75, 3.05) is 7.05 Å². The Kier molecular flexibility index (Phi) is 5.98. The molecule has 0 spiro atoms. The Labute approximate surface area is 181 Å². The number of carbonyl (C=O) groups is 1. The highest BCUT2D eigenvalue weighted by Crippen LogP contribution is 2.23. The van der Waals surface area contributed by atoms with E-state index in [1.54, 1.807) is 11.9 Å². The molecule has 158 valence electrons. The van der Waals surface area contributed by atoms with Crippen LogP contribution in [0.3, 0.4) is 0 Å². The molecule has 1 amide bonds. The predicted octanol–water partition coefficient (Wildman–Crippen LogP) is 5.01. The zero-order valence-electron chi connectivity index (χ0n) is 17.9.